The Morgan fingerprint density at radius 3 is 2.81 bits per heavy atom. The quantitative estimate of drug-likeness (QED) is 0.502. The molecule has 0 radical (unpaired) electrons. The van der Waals surface area contributed by atoms with E-state index in [9.17, 15) is 9.59 Å². The fourth-order valence-corrected chi connectivity index (χ4v) is 3.18. The lowest BCUT2D eigenvalue weighted by molar-refractivity contribution is 0.0473. The molecule has 7 heteroatoms. The van der Waals surface area contributed by atoms with E-state index in [0.29, 0.717) is 41.2 Å². The zero-order valence-electron chi connectivity index (χ0n) is 14.4. The van der Waals surface area contributed by atoms with Gasteiger partial charge in [-0.15, -0.1) is 0 Å². The molecule has 0 N–H and O–H groups in total. The Balaban J connectivity index is 1.59. The number of carbonyl (C=O) groups is 1. The fraction of sp³-hybridized carbons (Fsp3) is 0.200. The lowest BCUT2D eigenvalue weighted by atomic mass is 10.1. The van der Waals surface area contributed by atoms with E-state index in [4.69, 9.17) is 30.2 Å². The van der Waals surface area contributed by atoms with Crippen molar-refractivity contribution in [1.29, 1.82) is 0 Å². The first kappa shape index (κ1) is 17.4. The highest BCUT2D eigenvalue weighted by molar-refractivity contribution is 6.32. The molecule has 0 bridgehead atoms. The molecule has 0 unspecified atom stereocenters. The van der Waals surface area contributed by atoms with E-state index in [0.717, 1.165) is 5.56 Å². The van der Waals surface area contributed by atoms with Crippen LogP contribution in [0.4, 0.5) is 0 Å². The highest BCUT2D eigenvalue weighted by Crippen LogP contribution is 2.38. The molecule has 0 saturated heterocycles. The van der Waals surface area contributed by atoms with Crippen LogP contribution in [0.15, 0.2) is 45.6 Å². The van der Waals surface area contributed by atoms with E-state index in [1.54, 1.807) is 6.07 Å². The SMILES string of the molecule is Cc1ccc2c(COC(=O)c3cc(Cl)c4c(c3)OCCO4)cc(=O)oc2c1. The normalized spacial score (nSPS) is 12.8. The molecular weight excluding hydrogens is 372 g/mol. The average molecular weight is 387 g/mol. The van der Waals surface area contributed by atoms with Gasteiger partial charge in [0.25, 0.3) is 0 Å². The number of hydrogen-bond donors (Lipinski definition) is 0. The Morgan fingerprint density at radius 1 is 1.15 bits per heavy atom. The Labute approximate surface area is 159 Å². The van der Waals surface area contributed by atoms with Crippen molar-refractivity contribution in [3.63, 3.8) is 0 Å². The van der Waals surface area contributed by atoms with Crippen LogP contribution in [-0.4, -0.2) is 19.2 Å². The molecular formula is C20H15ClO6. The van der Waals surface area contributed by atoms with Gasteiger partial charge >= 0.3 is 11.6 Å². The van der Waals surface area contributed by atoms with Crippen LogP contribution < -0.4 is 15.1 Å². The van der Waals surface area contributed by atoms with Crippen molar-refractivity contribution < 1.29 is 23.4 Å². The van der Waals surface area contributed by atoms with Crippen LogP contribution in [0.25, 0.3) is 11.0 Å². The molecule has 2 aromatic carbocycles. The van der Waals surface area contributed by atoms with Gasteiger partial charge in [0.2, 0.25) is 0 Å². The second-order valence-electron chi connectivity index (χ2n) is 6.15. The predicted octanol–water partition coefficient (Wildman–Crippen LogP) is 3.88. The van der Waals surface area contributed by atoms with Crippen molar-refractivity contribution in [2.24, 2.45) is 0 Å². The van der Waals surface area contributed by atoms with E-state index in [2.05, 4.69) is 0 Å². The van der Waals surface area contributed by atoms with Crippen LogP contribution in [0.5, 0.6) is 11.5 Å². The number of aryl methyl sites for hydroxylation is 1. The number of rotatable bonds is 3. The van der Waals surface area contributed by atoms with Gasteiger partial charge in [-0.05, 0) is 30.7 Å². The maximum atomic E-state index is 12.5. The zero-order valence-corrected chi connectivity index (χ0v) is 15.2. The number of carbonyl (C=O) groups excluding carboxylic acids is 1. The summed E-state index contributed by atoms with van der Waals surface area (Å²) in [6.45, 7) is 2.61. The van der Waals surface area contributed by atoms with Crippen molar-refractivity contribution in [2.45, 2.75) is 13.5 Å². The van der Waals surface area contributed by atoms with Crippen molar-refractivity contribution in [3.8, 4) is 11.5 Å². The first-order chi connectivity index (χ1) is 13.0. The first-order valence-corrected chi connectivity index (χ1v) is 8.69. The minimum Gasteiger partial charge on any atom is -0.486 e. The second-order valence-corrected chi connectivity index (χ2v) is 6.56. The first-order valence-electron chi connectivity index (χ1n) is 8.31. The number of benzene rings is 2. The standard InChI is InChI=1S/C20H15ClO6/c1-11-2-3-14-13(9-18(22)27-16(14)6-11)10-26-20(23)12-7-15(21)19-17(8-12)24-4-5-25-19/h2-3,6-9H,4-5,10H2,1H3. The van der Waals surface area contributed by atoms with Crippen molar-refractivity contribution in [3.05, 3.63) is 68.5 Å². The molecule has 4 rings (SSSR count). The summed E-state index contributed by atoms with van der Waals surface area (Å²) in [6, 6.07) is 9.82. The molecule has 6 nitrogen and oxygen atoms in total. The minimum atomic E-state index is -0.581. The van der Waals surface area contributed by atoms with Gasteiger partial charge in [-0.25, -0.2) is 9.59 Å². The molecule has 0 aliphatic carbocycles. The summed E-state index contributed by atoms with van der Waals surface area (Å²) in [6.07, 6.45) is 0. The summed E-state index contributed by atoms with van der Waals surface area (Å²) in [4.78, 5) is 24.2. The van der Waals surface area contributed by atoms with E-state index < -0.39 is 11.6 Å². The van der Waals surface area contributed by atoms with Crippen molar-refractivity contribution >= 4 is 28.5 Å². The number of fused-ring (bicyclic) bond motifs is 2. The molecule has 138 valence electrons. The van der Waals surface area contributed by atoms with E-state index >= 15 is 0 Å². The molecule has 0 amide bonds. The van der Waals surface area contributed by atoms with Crippen LogP contribution in [0.3, 0.4) is 0 Å². The van der Waals surface area contributed by atoms with Crippen molar-refractivity contribution in [1.82, 2.24) is 0 Å². The van der Waals surface area contributed by atoms with Crippen LogP contribution in [0.1, 0.15) is 21.5 Å². The van der Waals surface area contributed by atoms with Crippen LogP contribution >= 0.6 is 11.6 Å². The fourth-order valence-electron chi connectivity index (χ4n) is 2.91. The Morgan fingerprint density at radius 2 is 1.96 bits per heavy atom. The topological polar surface area (TPSA) is 75.0 Å². The minimum absolute atomic E-state index is 0.0734. The smallest absolute Gasteiger partial charge is 0.338 e. The number of esters is 1. The van der Waals surface area contributed by atoms with Gasteiger partial charge in [-0.2, -0.15) is 0 Å². The molecule has 0 fully saturated rings. The number of hydrogen-bond acceptors (Lipinski definition) is 6. The predicted molar refractivity (Wildman–Crippen MR) is 98.8 cm³/mol. The maximum Gasteiger partial charge on any atom is 0.338 e. The third-order valence-electron chi connectivity index (χ3n) is 4.18. The largest absolute Gasteiger partial charge is 0.486 e. The molecule has 1 aromatic heterocycles. The molecule has 0 atom stereocenters. The highest BCUT2D eigenvalue weighted by Gasteiger charge is 2.20. The number of ether oxygens (including phenoxy) is 3. The van der Waals surface area contributed by atoms with Gasteiger partial charge in [-0.1, -0.05) is 23.7 Å². The van der Waals surface area contributed by atoms with Crippen LogP contribution in [0, 0.1) is 6.92 Å². The van der Waals surface area contributed by atoms with E-state index in [1.165, 1.54) is 18.2 Å². The maximum absolute atomic E-state index is 12.5. The van der Waals surface area contributed by atoms with Gasteiger partial charge in [-0.3, -0.25) is 0 Å². The van der Waals surface area contributed by atoms with Gasteiger partial charge in [0.1, 0.15) is 25.4 Å². The van der Waals surface area contributed by atoms with E-state index in [-0.39, 0.29) is 17.2 Å². The molecule has 27 heavy (non-hydrogen) atoms. The van der Waals surface area contributed by atoms with Gasteiger partial charge in [0.15, 0.2) is 11.5 Å². The monoisotopic (exact) mass is 386 g/mol. The Hall–Kier alpha value is -2.99. The summed E-state index contributed by atoms with van der Waals surface area (Å²) in [5.41, 5.74) is 1.73. The van der Waals surface area contributed by atoms with E-state index in [1.807, 2.05) is 19.1 Å². The summed E-state index contributed by atoms with van der Waals surface area (Å²) >= 11 is 6.16. The molecule has 3 aromatic rings. The van der Waals surface area contributed by atoms with Gasteiger partial charge in [0.05, 0.1) is 10.6 Å². The molecule has 0 saturated carbocycles. The molecule has 1 aliphatic rings. The third kappa shape index (κ3) is 3.48. The highest BCUT2D eigenvalue weighted by atomic mass is 35.5. The van der Waals surface area contributed by atoms with Gasteiger partial charge < -0.3 is 18.6 Å². The Kier molecular flexibility index (Phi) is 4.49. The second kappa shape index (κ2) is 6.96. The molecule has 0 spiro atoms. The summed E-state index contributed by atoms with van der Waals surface area (Å²) < 4.78 is 21.5. The summed E-state index contributed by atoms with van der Waals surface area (Å²) in [5.74, 6) is 0.242. The van der Waals surface area contributed by atoms with Crippen LogP contribution in [0.2, 0.25) is 5.02 Å². The lowest BCUT2D eigenvalue weighted by Gasteiger charge is -2.20. The zero-order chi connectivity index (χ0) is 19.0. The van der Waals surface area contributed by atoms with Crippen molar-refractivity contribution in [2.75, 3.05) is 13.2 Å². The molecule has 2 heterocycles. The summed E-state index contributed by atoms with van der Waals surface area (Å²) in [7, 11) is 0. The third-order valence-corrected chi connectivity index (χ3v) is 4.46. The van der Waals surface area contributed by atoms with Crippen LogP contribution in [-0.2, 0) is 11.3 Å². The average Bonchev–Trinajstić information content (AvgIpc) is 2.65. The lowest BCUT2D eigenvalue weighted by Crippen LogP contribution is -2.16. The summed E-state index contributed by atoms with van der Waals surface area (Å²) in [5, 5.41) is 0.994. The number of halogens is 1. The Bertz CT molecular complexity index is 1100. The molecule has 1 aliphatic heterocycles. The van der Waals surface area contributed by atoms with Gasteiger partial charge in [0, 0.05) is 17.0 Å².